The maximum atomic E-state index is 11.8. The van der Waals surface area contributed by atoms with E-state index in [2.05, 4.69) is 5.32 Å². The van der Waals surface area contributed by atoms with Crippen molar-refractivity contribution in [2.75, 3.05) is 13.1 Å². The molecule has 0 spiro atoms. The monoisotopic (exact) mass is 214 g/mol. The Morgan fingerprint density at radius 3 is 2.13 bits per heavy atom. The molecule has 2 amide bonds. The molecule has 15 heavy (non-hydrogen) atoms. The Hall–Kier alpha value is -1.06. The summed E-state index contributed by atoms with van der Waals surface area (Å²) in [6.07, 6.45) is 0.366. The highest BCUT2D eigenvalue weighted by Crippen LogP contribution is 2.13. The molecule has 4 heteroatoms. The first-order chi connectivity index (χ1) is 6.79. The minimum absolute atomic E-state index is 0.0822. The molecular formula is C11H22N2O2. The van der Waals surface area contributed by atoms with Gasteiger partial charge in [0.2, 0.25) is 11.8 Å². The van der Waals surface area contributed by atoms with Crippen molar-refractivity contribution in [1.82, 2.24) is 10.2 Å². The van der Waals surface area contributed by atoms with Gasteiger partial charge in [-0.3, -0.25) is 9.59 Å². The van der Waals surface area contributed by atoms with Gasteiger partial charge in [-0.25, -0.2) is 0 Å². The number of amides is 2. The van der Waals surface area contributed by atoms with Gasteiger partial charge in [0, 0.05) is 32.0 Å². The normalized spacial score (nSPS) is 11.0. The molecule has 0 atom stereocenters. The Bertz CT molecular complexity index is 231. The maximum absolute atomic E-state index is 11.8. The van der Waals surface area contributed by atoms with Crippen LogP contribution in [-0.2, 0) is 9.59 Å². The number of hydrogen-bond donors (Lipinski definition) is 1. The summed E-state index contributed by atoms with van der Waals surface area (Å²) in [5.41, 5.74) is -0.151. The molecule has 0 unspecified atom stereocenters. The fraction of sp³-hybridized carbons (Fsp3) is 0.818. The SMILES string of the molecule is CCN(C(=O)CCNC(C)=O)C(C)(C)C. The van der Waals surface area contributed by atoms with Crippen molar-refractivity contribution in [3.05, 3.63) is 0 Å². The van der Waals surface area contributed by atoms with E-state index < -0.39 is 0 Å². The Morgan fingerprint density at radius 1 is 1.27 bits per heavy atom. The topological polar surface area (TPSA) is 49.4 Å². The number of carbonyl (C=O) groups excluding carboxylic acids is 2. The van der Waals surface area contributed by atoms with Gasteiger partial charge < -0.3 is 10.2 Å². The van der Waals surface area contributed by atoms with Gasteiger partial charge in [0.05, 0.1) is 0 Å². The van der Waals surface area contributed by atoms with Crippen molar-refractivity contribution >= 4 is 11.8 Å². The van der Waals surface area contributed by atoms with E-state index in [9.17, 15) is 9.59 Å². The minimum Gasteiger partial charge on any atom is -0.356 e. The number of rotatable bonds is 4. The van der Waals surface area contributed by atoms with Crippen LogP contribution in [0.1, 0.15) is 41.0 Å². The molecular weight excluding hydrogens is 192 g/mol. The largest absolute Gasteiger partial charge is 0.356 e. The zero-order chi connectivity index (χ0) is 12.1. The lowest BCUT2D eigenvalue weighted by molar-refractivity contribution is -0.135. The van der Waals surface area contributed by atoms with Crippen molar-refractivity contribution in [2.24, 2.45) is 0 Å². The van der Waals surface area contributed by atoms with Crippen LogP contribution in [0.25, 0.3) is 0 Å². The van der Waals surface area contributed by atoms with Crippen LogP contribution in [-0.4, -0.2) is 35.3 Å². The van der Waals surface area contributed by atoms with Gasteiger partial charge in [0.15, 0.2) is 0 Å². The summed E-state index contributed by atoms with van der Waals surface area (Å²) in [6, 6.07) is 0. The predicted molar refractivity (Wildman–Crippen MR) is 60.4 cm³/mol. The average Bonchev–Trinajstić information content (AvgIpc) is 2.01. The summed E-state index contributed by atoms with van der Waals surface area (Å²) in [4.78, 5) is 24.2. The van der Waals surface area contributed by atoms with Crippen LogP contribution in [0.4, 0.5) is 0 Å². The quantitative estimate of drug-likeness (QED) is 0.763. The summed E-state index contributed by atoms with van der Waals surface area (Å²) in [7, 11) is 0. The molecule has 0 saturated carbocycles. The highest BCUT2D eigenvalue weighted by molar-refractivity contribution is 5.78. The molecule has 0 rings (SSSR count). The second-order valence-electron chi connectivity index (χ2n) is 4.54. The molecule has 0 aromatic heterocycles. The van der Waals surface area contributed by atoms with E-state index in [1.165, 1.54) is 6.92 Å². The maximum Gasteiger partial charge on any atom is 0.224 e. The van der Waals surface area contributed by atoms with Gasteiger partial charge in [0.1, 0.15) is 0 Å². The molecule has 0 aromatic carbocycles. The molecule has 1 N–H and O–H groups in total. The minimum atomic E-state index is -0.151. The molecule has 88 valence electrons. The van der Waals surface area contributed by atoms with Crippen molar-refractivity contribution < 1.29 is 9.59 Å². The molecule has 0 bridgehead atoms. The fourth-order valence-corrected chi connectivity index (χ4v) is 1.51. The zero-order valence-corrected chi connectivity index (χ0v) is 10.4. The van der Waals surface area contributed by atoms with Crippen LogP contribution in [0, 0.1) is 0 Å². The first-order valence-corrected chi connectivity index (χ1v) is 5.34. The zero-order valence-electron chi connectivity index (χ0n) is 10.4. The first-order valence-electron chi connectivity index (χ1n) is 5.34. The van der Waals surface area contributed by atoms with Crippen LogP contribution in [0.15, 0.2) is 0 Å². The van der Waals surface area contributed by atoms with E-state index in [1.54, 1.807) is 0 Å². The Labute approximate surface area is 92.0 Å². The van der Waals surface area contributed by atoms with Gasteiger partial charge >= 0.3 is 0 Å². The van der Waals surface area contributed by atoms with Gasteiger partial charge in [-0.2, -0.15) is 0 Å². The van der Waals surface area contributed by atoms with E-state index in [0.29, 0.717) is 19.5 Å². The van der Waals surface area contributed by atoms with E-state index in [0.717, 1.165) is 0 Å². The fourth-order valence-electron chi connectivity index (χ4n) is 1.51. The molecule has 0 fully saturated rings. The number of nitrogens with zero attached hydrogens (tertiary/aromatic N) is 1. The molecule has 0 saturated heterocycles. The van der Waals surface area contributed by atoms with Crippen LogP contribution < -0.4 is 5.32 Å². The van der Waals surface area contributed by atoms with Crippen LogP contribution >= 0.6 is 0 Å². The van der Waals surface area contributed by atoms with Crippen molar-refractivity contribution in [1.29, 1.82) is 0 Å². The lowest BCUT2D eigenvalue weighted by Crippen LogP contribution is -2.46. The third-order valence-electron chi connectivity index (χ3n) is 2.14. The lowest BCUT2D eigenvalue weighted by atomic mass is 10.1. The van der Waals surface area contributed by atoms with Gasteiger partial charge in [-0.1, -0.05) is 0 Å². The highest BCUT2D eigenvalue weighted by Gasteiger charge is 2.23. The van der Waals surface area contributed by atoms with Gasteiger partial charge in [0.25, 0.3) is 0 Å². The van der Waals surface area contributed by atoms with Crippen LogP contribution in [0.3, 0.4) is 0 Å². The predicted octanol–water partition coefficient (Wildman–Crippen LogP) is 1.16. The first kappa shape index (κ1) is 13.9. The number of nitrogens with one attached hydrogen (secondary N) is 1. The molecule has 0 aliphatic carbocycles. The third-order valence-corrected chi connectivity index (χ3v) is 2.14. The van der Waals surface area contributed by atoms with Gasteiger partial charge in [-0.15, -0.1) is 0 Å². The molecule has 0 aliphatic rings. The Balaban J connectivity index is 4.12. The van der Waals surface area contributed by atoms with Crippen LogP contribution in [0.2, 0.25) is 0 Å². The molecule has 0 radical (unpaired) electrons. The summed E-state index contributed by atoms with van der Waals surface area (Å²) in [6.45, 7) is 10.5. The van der Waals surface area contributed by atoms with E-state index in [1.807, 2.05) is 32.6 Å². The van der Waals surface area contributed by atoms with Crippen LogP contribution in [0.5, 0.6) is 0 Å². The third kappa shape index (κ3) is 5.40. The Morgan fingerprint density at radius 2 is 1.80 bits per heavy atom. The van der Waals surface area contributed by atoms with Crippen molar-refractivity contribution in [3.63, 3.8) is 0 Å². The second-order valence-corrected chi connectivity index (χ2v) is 4.54. The summed E-state index contributed by atoms with van der Waals surface area (Å²) >= 11 is 0. The molecule has 0 aromatic rings. The molecule has 4 nitrogen and oxygen atoms in total. The van der Waals surface area contributed by atoms with E-state index >= 15 is 0 Å². The van der Waals surface area contributed by atoms with E-state index in [-0.39, 0.29) is 17.4 Å². The highest BCUT2D eigenvalue weighted by atomic mass is 16.2. The van der Waals surface area contributed by atoms with E-state index in [4.69, 9.17) is 0 Å². The van der Waals surface area contributed by atoms with Crippen molar-refractivity contribution in [3.8, 4) is 0 Å². The smallest absolute Gasteiger partial charge is 0.224 e. The summed E-state index contributed by atoms with van der Waals surface area (Å²) in [5, 5.41) is 2.62. The summed E-state index contributed by atoms with van der Waals surface area (Å²) < 4.78 is 0. The second kappa shape index (κ2) is 5.73. The lowest BCUT2D eigenvalue weighted by Gasteiger charge is -2.35. The molecule has 0 aliphatic heterocycles. The van der Waals surface area contributed by atoms with Gasteiger partial charge in [-0.05, 0) is 27.7 Å². The molecule has 0 heterocycles. The summed E-state index contributed by atoms with van der Waals surface area (Å²) in [5.74, 6) is -0.0136. The average molecular weight is 214 g/mol. The Kier molecular flexibility index (Phi) is 5.33. The number of carbonyl (C=O) groups is 2. The number of hydrogen-bond acceptors (Lipinski definition) is 2. The van der Waals surface area contributed by atoms with Crippen molar-refractivity contribution in [2.45, 2.75) is 46.6 Å². The standard InChI is InChI=1S/C11H22N2O2/c1-6-13(11(3,4)5)10(15)7-8-12-9(2)14/h6-8H2,1-5H3,(H,12,14).